The van der Waals surface area contributed by atoms with E-state index in [0.29, 0.717) is 0 Å². The van der Waals surface area contributed by atoms with Crippen LogP contribution in [0.15, 0.2) is 0 Å². The van der Waals surface area contributed by atoms with E-state index in [0.717, 1.165) is 0 Å². The van der Waals surface area contributed by atoms with E-state index < -0.39 is 22.7 Å². The molecule has 0 aliphatic heterocycles. The van der Waals surface area contributed by atoms with Crippen LogP contribution >= 0.6 is 0 Å². The van der Waals surface area contributed by atoms with Crippen LogP contribution < -0.4 is 0 Å². The first-order chi connectivity index (χ1) is 4.34. The highest BCUT2D eigenvalue weighted by Gasteiger charge is 2.24. The molecule has 0 amide bonds. The fraction of sp³-hybridized carbons (Fsp3) is 0.800. The second-order valence-corrected chi connectivity index (χ2v) is 3.44. The Morgan fingerprint density at radius 2 is 1.90 bits per heavy atom. The Morgan fingerprint density at radius 3 is 2.00 bits per heavy atom. The summed E-state index contributed by atoms with van der Waals surface area (Å²) in [5.74, 6) is -0.687. The predicted molar refractivity (Wildman–Crippen MR) is 36.3 cm³/mol. The lowest BCUT2D eigenvalue weighted by Crippen LogP contribution is -2.23. The third-order valence-electron chi connectivity index (χ3n) is 0.759. The van der Waals surface area contributed by atoms with Crippen LogP contribution in [0.5, 0.6) is 0 Å². The molecule has 0 aliphatic rings. The first-order valence-corrected chi connectivity index (χ1v) is 3.71. The summed E-state index contributed by atoms with van der Waals surface area (Å²) in [4.78, 5) is 10.7. The Morgan fingerprint density at radius 1 is 1.50 bits per heavy atom. The van der Waals surface area contributed by atoms with Gasteiger partial charge in [0.1, 0.15) is 0 Å². The summed E-state index contributed by atoms with van der Waals surface area (Å²) < 4.78 is 22.0. The number of hydrogen-bond acceptors (Lipinski definition) is 3. The monoisotopic (exact) mass is 166 g/mol. The van der Waals surface area contributed by atoms with Crippen molar-refractivity contribution in [1.82, 2.24) is 0 Å². The largest absolute Gasteiger partial charge is 0.360 e. The van der Waals surface area contributed by atoms with Crippen LogP contribution in [0, 0.1) is 5.41 Å². The zero-order valence-electron chi connectivity index (χ0n) is 6.08. The van der Waals surface area contributed by atoms with Crippen molar-refractivity contribution in [2.24, 2.45) is 5.41 Å². The summed E-state index contributed by atoms with van der Waals surface area (Å²) in [5.41, 5.74) is -0.724. The van der Waals surface area contributed by atoms with Crippen LogP contribution in [0.25, 0.3) is 0 Å². The molecule has 0 bridgehead atoms. The molecule has 0 aromatic heterocycles. The Bertz CT molecular complexity index is 158. The molecule has 0 aromatic carbocycles. The third-order valence-corrected chi connectivity index (χ3v) is 1.05. The Hall–Kier alpha value is -0.420. The standard InChI is InChI=1S/C5H10O4S/c1-5(2,3)4(6)9-10(7)8/h1-3H3,(H,7,8). The van der Waals surface area contributed by atoms with Crippen LogP contribution in [0.1, 0.15) is 20.8 Å². The topological polar surface area (TPSA) is 63.6 Å². The van der Waals surface area contributed by atoms with Crippen molar-refractivity contribution in [3.05, 3.63) is 0 Å². The van der Waals surface area contributed by atoms with Gasteiger partial charge < -0.3 is 4.18 Å². The number of rotatable bonds is 1. The van der Waals surface area contributed by atoms with Gasteiger partial charge in [-0.25, -0.2) is 0 Å². The van der Waals surface area contributed by atoms with Gasteiger partial charge in [0, 0.05) is 0 Å². The van der Waals surface area contributed by atoms with Crippen LogP contribution in [-0.4, -0.2) is 14.7 Å². The van der Waals surface area contributed by atoms with Gasteiger partial charge in [-0.05, 0) is 20.8 Å². The molecule has 0 aromatic rings. The Kier molecular flexibility index (Phi) is 2.98. The van der Waals surface area contributed by atoms with Gasteiger partial charge in [-0.15, -0.1) is 0 Å². The second-order valence-electron chi connectivity index (χ2n) is 2.84. The Labute approximate surface area is 62.1 Å². The SMILES string of the molecule is CC(C)(C)C(=O)OS(=O)O. The molecule has 0 rings (SSSR count). The van der Waals surface area contributed by atoms with E-state index in [-0.39, 0.29) is 0 Å². The molecule has 0 radical (unpaired) electrons. The molecule has 60 valence electrons. The molecule has 0 spiro atoms. The van der Waals surface area contributed by atoms with Gasteiger partial charge in [0.05, 0.1) is 5.41 Å². The highest BCUT2D eigenvalue weighted by molar-refractivity contribution is 7.74. The van der Waals surface area contributed by atoms with Crippen molar-refractivity contribution in [2.45, 2.75) is 20.8 Å². The minimum absolute atomic E-state index is 0.687. The number of carbonyl (C=O) groups is 1. The summed E-state index contributed by atoms with van der Waals surface area (Å²) in [5, 5.41) is 0. The van der Waals surface area contributed by atoms with Gasteiger partial charge in [0.15, 0.2) is 0 Å². The van der Waals surface area contributed by atoms with Crippen molar-refractivity contribution in [1.29, 1.82) is 0 Å². The molecular weight excluding hydrogens is 156 g/mol. The van der Waals surface area contributed by atoms with E-state index in [2.05, 4.69) is 4.18 Å². The van der Waals surface area contributed by atoms with Crippen LogP contribution in [-0.2, 0) is 20.3 Å². The van der Waals surface area contributed by atoms with Crippen molar-refractivity contribution in [3.8, 4) is 0 Å². The van der Waals surface area contributed by atoms with E-state index >= 15 is 0 Å². The fourth-order valence-electron chi connectivity index (χ4n) is 0.190. The lowest BCUT2D eigenvalue weighted by molar-refractivity contribution is -0.142. The Balaban J connectivity index is 3.99. The molecule has 1 N–H and O–H groups in total. The molecule has 0 aliphatic carbocycles. The quantitative estimate of drug-likeness (QED) is 0.583. The first-order valence-electron chi connectivity index (χ1n) is 2.67. The van der Waals surface area contributed by atoms with Crippen LogP contribution in [0.4, 0.5) is 0 Å². The van der Waals surface area contributed by atoms with Crippen molar-refractivity contribution < 1.29 is 17.7 Å². The number of carbonyl (C=O) groups excluding carboxylic acids is 1. The van der Waals surface area contributed by atoms with Gasteiger partial charge in [0.2, 0.25) is 0 Å². The lowest BCUT2D eigenvalue weighted by atomic mass is 9.98. The van der Waals surface area contributed by atoms with Gasteiger partial charge in [-0.1, -0.05) is 0 Å². The van der Waals surface area contributed by atoms with Crippen molar-refractivity contribution in [3.63, 3.8) is 0 Å². The lowest BCUT2D eigenvalue weighted by Gasteiger charge is -2.12. The zero-order chi connectivity index (χ0) is 8.36. The average molecular weight is 166 g/mol. The molecule has 4 nitrogen and oxygen atoms in total. The molecule has 5 heteroatoms. The van der Waals surface area contributed by atoms with E-state index in [9.17, 15) is 9.00 Å². The predicted octanol–water partition coefficient (Wildman–Crippen LogP) is 0.712. The van der Waals surface area contributed by atoms with Gasteiger partial charge in [-0.2, -0.15) is 4.21 Å². The minimum Gasteiger partial charge on any atom is -0.343 e. The molecule has 0 saturated heterocycles. The van der Waals surface area contributed by atoms with Gasteiger partial charge in [-0.3, -0.25) is 9.35 Å². The van der Waals surface area contributed by atoms with E-state index in [1.54, 1.807) is 20.8 Å². The van der Waals surface area contributed by atoms with E-state index in [4.69, 9.17) is 4.55 Å². The molecule has 10 heavy (non-hydrogen) atoms. The van der Waals surface area contributed by atoms with Crippen molar-refractivity contribution in [2.75, 3.05) is 0 Å². The maximum atomic E-state index is 10.7. The average Bonchev–Trinajstić information content (AvgIpc) is 1.60. The smallest absolute Gasteiger partial charge is 0.343 e. The summed E-state index contributed by atoms with van der Waals surface area (Å²) >= 11 is -2.49. The first kappa shape index (κ1) is 9.58. The fourth-order valence-corrected chi connectivity index (χ4v) is 0.569. The molecular formula is C5H10O4S. The molecule has 1 atom stereocenters. The molecule has 1 unspecified atom stereocenters. The summed E-state index contributed by atoms with van der Waals surface area (Å²) in [6.45, 7) is 4.80. The minimum atomic E-state index is -2.49. The highest BCUT2D eigenvalue weighted by atomic mass is 32.2. The van der Waals surface area contributed by atoms with Crippen LogP contribution in [0.3, 0.4) is 0 Å². The zero-order valence-corrected chi connectivity index (χ0v) is 6.90. The van der Waals surface area contributed by atoms with Crippen LogP contribution in [0.2, 0.25) is 0 Å². The molecule has 0 fully saturated rings. The van der Waals surface area contributed by atoms with Gasteiger partial charge in [0.25, 0.3) is 0 Å². The number of hydrogen-bond donors (Lipinski definition) is 1. The van der Waals surface area contributed by atoms with Crippen molar-refractivity contribution >= 4 is 17.3 Å². The maximum absolute atomic E-state index is 10.7. The second kappa shape index (κ2) is 3.12. The molecule has 0 saturated carbocycles. The van der Waals surface area contributed by atoms with Gasteiger partial charge >= 0.3 is 17.3 Å². The summed E-state index contributed by atoms with van der Waals surface area (Å²) in [6, 6.07) is 0. The highest BCUT2D eigenvalue weighted by Crippen LogP contribution is 2.15. The molecule has 0 heterocycles. The third kappa shape index (κ3) is 3.58. The summed E-state index contributed by atoms with van der Waals surface area (Å²) in [6.07, 6.45) is 0. The summed E-state index contributed by atoms with van der Waals surface area (Å²) in [7, 11) is 0. The maximum Gasteiger partial charge on any atom is 0.360 e. The normalized spacial score (nSPS) is 14.4. The van der Waals surface area contributed by atoms with E-state index in [1.165, 1.54) is 0 Å². The van der Waals surface area contributed by atoms with E-state index in [1.807, 2.05) is 0 Å².